The fourth-order valence-corrected chi connectivity index (χ4v) is 4.06. The summed E-state index contributed by atoms with van der Waals surface area (Å²) in [6.07, 6.45) is -0.399. The zero-order valence-electron chi connectivity index (χ0n) is 12.2. The highest BCUT2D eigenvalue weighted by Gasteiger charge is 2.39. The van der Waals surface area contributed by atoms with Crippen LogP contribution >= 0.6 is 11.3 Å². The molecule has 122 valence electrons. The summed E-state index contributed by atoms with van der Waals surface area (Å²) in [7, 11) is 0. The van der Waals surface area contributed by atoms with Gasteiger partial charge in [-0.1, -0.05) is 37.1 Å². The van der Waals surface area contributed by atoms with E-state index >= 15 is 0 Å². The minimum absolute atomic E-state index is 0.202. The number of benzene rings is 1. The van der Waals surface area contributed by atoms with Gasteiger partial charge in [0.1, 0.15) is 9.88 Å². The van der Waals surface area contributed by atoms with Crippen molar-refractivity contribution in [2.45, 2.75) is 37.8 Å². The Balaban J connectivity index is 2.11. The van der Waals surface area contributed by atoms with E-state index in [1.807, 2.05) is 12.1 Å². The minimum Gasteiger partial charge on any atom is -0.365 e. The summed E-state index contributed by atoms with van der Waals surface area (Å²) in [6.45, 7) is 0. The van der Waals surface area contributed by atoms with E-state index in [0.29, 0.717) is 22.8 Å². The molecule has 2 aromatic rings. The van der Waals surface area contributed by atoms with Crippen LogP contribution < -0.4 is 5.73 Å². The fourth-order valence-electron chi connectivity index (χ4n) is 3.08. The number of thiazole rings is 1. The van der Waals surface area contributed by atoms with Crippen LogP contribution in [0.1, 0.15) is 52.5 Å². The Labute approximate surface area is 135 Å². The van der Waals surface area contributed by atoms with Gasteiger partial charge in [0.2, 0.25) is 0 Å². The van der Waals surface area contributed by atoms with Crippen molar-refractivity contribution < 1.29 is 18.0 Å². The third kappa shape index (κ3) is 3.10. The monoisotopic (exact) mass is 340 g/mol. The van der Waals surface area contributed by atoms with Gasteiger partial charge in [-0.3, -0.25) is 4.79 Å². The topological polar surface area (TPSA) is 56.0 Å². The van der Waals surface area contributed by atoms with E-state index in [4.69, 9.17) is 5.73 Å². The van der Waals surface area contributed by atoms with Gasteiger partial charge in [0.05, 0.1) is 0 Å². The predicted molar refractivity (Wildman–Crippen MR) is 82.3 cm³/mol. The summed E-state index contributed by atoms with van der Waals surface area (Å²) in [5.74, 6) is -0.763. The Morgan fingerprint density at radius 2 is 1.87 bits per heavy atom. The van der Waals surface area contributed by atoms with Crippen LogP contribution in [-0.4, -0.2) is 10.9 Å². The van der Waals surface area contributed by atoms with Gasteiger partial charge in [-0.25, -0.2) is 4.98 Å². The highest BCUT2D eigenvalue weighted by Crippen LogP contribution is 2.42. The predicted octanol–water partition coefficient (Wildman–Crippen LogP) is 4.59. The average Bonchev–Trinajstić information content (AvgIpc) is 3.16. The van der Waals surface area contributed by atoms with Crippen molar-refractivity contribution in [1.82, 2.24) is 4.98 Å². The normalized spacial score (nSPS) is 16.0. The van der Waals surface area contributed by atoms with Crippen LogP contribution in [-0.2, 0) is 6.18 Å². The summed E-state index contributed by atoms with van der Waals surface area (Å²) in [4.78, 5) is 14.5. The summed E-state index contributed by atoms with van der Waals surface area (Å²) >= 11 is 0.715. The molecular weight excluding hydrogens is 325 g/mol. The zero-order valence-corrected chi connectivity index (χ0v) is 13.0. The number of rotatable bonds is 3. The van der Waals surface area contributed by atoms with E-state index < -0.39 is 22.7 Å². The summed E-state index contributed by atoms with van der Waals surface area (Å²) in [5.41, 5.74) is 5.58. The molecule has 1 fully saturated rings. The molecule has 23 heavy (non-hydrogen) atoms. The molecule has 0 aliphatic heterocycles. The number of nitrogens with zero attached hydrogens (tertiary/aromatic N) is 1. The van der Waals surface area contributed by atoms with Gasteiger partial charge in [0, 0.05) is 5.56 Å². The molecule has 1 saturated carbocycles. The van der Waals surface area contributed by atoms with Crippen LogP contribution in [0, 0.1) is 0 Å². The SMILES string of the molecule is NC(=O)c1sc(-c2ccccc2C2CCCC2)nc1C(F)(F)F. The Bertz CT molecular complexity index is 733. The van der Waals surface area contributed by atoms with Gasteiger partial charge in [-0.2, -0.15) is 13.2 Å². The van der Waals surface area contributed by atoms with Crippen LogP contribution in [0.4, 0.5) is 13.2 Å². The Morgan fingerprint density at radius 1 is 1.22 bits per heavy atom. The molecule has 0 saturated heterocycles. The molecule has 1 aliphatic rings. The lowest BCUT2D eigenvalue weighted by Crippen LogP contribution is -2.16. The van der Waals surface area contributed by atoms with Crippen LogP contribution in [0.2, 0.25) is 0 Å². The summed E-state index contributed by atoms with van der Waals surface area (Å²) in [6, 6.07) is 7.35. The van der Waals surface area contributed by atoms with Crippen molar-refractivity contribution in [3.05, 3.63) is 40.4 Å². The first-order chi connectivity index (χ1) is 10.9. The van der Waals surface area contributed by atoms with E-state index in [1.54, 1.807) is 12.1 Å². The number of amides is 1. The Morgan fingerprint density at radius 3 is 2.43 bits per heavy atom. The molecule has 0 radical (unpaired) electrons. The molecule has 2 N–H and O–H groups in total. The second-order valence-corrected chi connectivity index (χ2v) is 6.63. The second-order valence-electron chi connectivity index (χ2n) is 5.63. The van der Waals surface area contributed by atoms with Crippen molar-refractivity contribution in [2.24, 2.45) is 5.73 Å². The smallest absolute Gasteiger partial charge is 0.365 e. The van der Waals surface area contributed by atoms with Crippen molar-refractivity contribution in [2.75, 3.05) is 0 Å². The summed E-state index contributed by atoms with van der Waals surface area (Å²) < 4.78 is 39.2. The Kier molecular flexibility index (Phi) is 4.14. The van der Waals surface area contributed by atoms with Gasteiger partial charge in [0.15, 0.2) is 5.69 Å². The fraction of sp³-hybridized carbons (Fsp3) is 0.375. The number of carbonyl (C=O) groups is 1. The first-order valence-corrected chi connectivity index (χ1v) is 8.16. The molecule has 7 heteroatoms. The first kappa shape index (κ1) is 16.0. The maximum atomic E-state index is 13.1. The molecule has 1 aliphatic carbocycles. The molecule has 3 rings (SSSR count). The lowest BCUT2D eigenvalue weighted by Gasteiger charge is -2.13. The number of alkyl halides is 3. The van der Waals surface area contributed by atoms with E-state index in [0.717, 1.165) is 31.2 Å². The largest absolute Gasteiger partial charge is 0.435 e. The van der Waals surface area contributed by atoms with Crippen molar-refractivity contribution in [1.29, 1.82) is 0 Å². The van der Waals surface area contributed by atoms with Crippen molar-refractivity contribution in [3.8, 4) is 10.6 Å². The molecule has 0 spiro atoms. The summed E-state index contributed by atoms with van der Waals surface area (Å²) in [5, 5.41) is 0.202. The number of primary amides is 1. The molecule has 1 aromatic carbocycles. The number of aromatic nitrogens is 1. The molecule has 1 amide bonds. The van der Waals surface area contributed by atoms with Gasteiger partial charge >= 0.3 is 6.18 Å². The number of hydrogen-bond donors (Lipinski definition) is 1. The lowest BCUT2D eigenvalue weighted by molar-refractivity contribution is -0.141. The van der Waals surface area contributed by atoms with E-state index in [9.17, 15) is 18.0 Å². The molecule has 1 aromatic heterocycles. The van der Waals surface area contributed by atoms with Crippen LogP contribution in [0.15, 0.2) is 24.3 Å². The average molecular weight is 340 g/mol. The Hall–Kier alpha value is -1.89. The quantitative estimate of drug-likeness (QED) is 0.889. The maximum absolute atomic E-state index is 13.1. The van der Waals surface area contributed by atoms with Crippen LogP contribution in [0.25, 0.3) is 10.6 Å². The molecule has 0 unspecified atom stereocenters. The van der Waals surface area contributed by atoms with Gasteiger partial charge in [-0.15, -0.1) is 11.3 Å². The second kappa shape index (κ2) is 5.96. The number of hydrogen-bond acceptors (Lipinski definition) is 3. The first-order valence-electron chi connectivity index (χ1n) is 7.35. The van der Waals surface area contributed by atoms with Crippen LogP contribution in [0.5, 0.6) is 0 Å². The molecule has 1 heterocycles. The standard InChI is InChI=1S/C16H15F3N2OS/c17-16(18,19)13-12(14(20)22)23-15(21-13)11-8-4-3-7-10(11)9-5-1-2-6-9/h3-4,7-9H,1-2,5-6H2,(H2,20,22). The lowest BCUT2D eigenvalue weighted by atomic mass is 9.93. The molecule has 0 atom stereocenters. The van der Waals surface area contributed by atoms with E-state index in [-0.39, 0.29) is 5.01 Å². The number of carbonyl (C=O) groups excluding carboxylic acids is 1. The van der Waals surface area contributed by atoms with Gasteiger partial charge in [-0.05, 0) is 24.3 Å². The number of nitrogens with two attached hydrogens (primary N) is 1. The van der Waals surface area contributed by atoms with Crippen LogP contribution in [0.3, 0.4) is 0 Å². The van der Waals surface area contributed by atoms with E-state index in [1.165, 1.54) is 0 Å². The third-order valence-corrected chi connectivity index (χ3v) is 5.21. The highest BCUT2D eigenvalue weighted by atomic mass is 32.1. The zero-order chi connectivity index (χ0) is 16.6. The van der Waals surface area contributed by atoms with Crippen molar-refractivity contribution >= 4 is 17.2 Å². The third-order valence-electron chi connectivity index (χ3n) is 4.11. The minimum atomic E-state index is -4.69. The highest BCUT2D eigenvalue weighted by molar-refractivity contribution is 7.17. The number of halogens is 3. The van der Waals surface area contributed by atoms with Crippen molar-refractivity contribution in [3.63, 3.8) is 0 Å². The maximum Gasteiger partial charge on any atom is 0.435 e. The molecule has 0 bridgehead atoms. The van der Waals surface area contributed by atoms with E-state index in [2.05, 4.69) is 4.98 Å². The molecule has 3 nitrogen and oxygen atoms in total. The van der Waals surface area contributed by atoms with Gasteiger partial charge in [0.25, 0.3) is 5.91 Å². The molecular formula is C16H15F3N2OS. The van der Waals surface area contributed by atoms with Gasteiger partial charge < -0.3 is 5.73 Å².